The maximum Gasteiger partial charge on any atom is 0.330 e. The average Bonchev–Trinajstić information content (AvgIpc) is 2.19. The minimum atomic E-state index is -0.233. The van der Waals surface area contributed by atoms with Crippen LogP contribution in [0.25, 0.3) is 0 Å². The molecule has 0 aromatic carbocycles. The van der Waals surface area contributed by atoms with E-state index in [-0.39, 0.29) is 5.97 Å². The number of carbonyl (C=O) groups is 1. The molecule has 0 aliphatic carbocycles. The summed E-state index contributed by atoms with van der Waals surface area (Å²) >= 11 is 1.78. The third-order valence-corrected chi connectivity index (χ3v) is 2.88. The normalized spacial score (nSPS) is 13.1. The van der Waals surface area contributed by atoms with E-state index in [1.54, 1.807) is 17.8 Å². The maximum atomic E-state index is 11.0. The Kier molecular flexibility index (Phi) is 8.84. The molecule has 1 unspecified atom stereocenters. The van der Waals surface area contributed by atoms with Gasteiger partial charge in [0.15, 0.2) is 0 Å². The molecule has 0 N–H and O–H groups in total. The monoisotopic (exact) mass is 216 g/mol. The van der Waals surface area contributed by atoms with Crippen LogP contribution in [0.4, 0.5) is 0 Å². The highest BCUT2D eigenvalue weighted by molar-refractivity contribution is 7.99. The van der Waals surface area contributed by atoms with E-state index in [9.17, 15) is 4.79 Å². The van der Waals surface area contributed by atoms with Crippen molar-refractivity contribution in [3.8, 4) is 0 Å². The van der Waals surface area contributed by atoms with Gasteiger partial charge in [-0.25, -0.2) is 4.79 Å². The first-order valence-electron chi connectivity index (χ1n) is 5.12. The zero-order chi connectivity index (χ0) is 10.8. The lowest BCUT2D eigenvalue weighted by Gasteiger charge is -2.07. The molecule has 0 aromatic rings. The Balaban J connectivity index is 3.84. The summed E-state index contributed by atoms with van der Waals surface area (Å²) in [5.41, 5.74) is 0. The molecule has 0 heterocycles. The van der Waals surface area contributed by atoms with Crippen LogP contribution in [-0.4, -0.2) is 24.1 Å². The number of esters is 1. The minimum absolute atomic E-state index is 0.233. The predicted octanol–water partition coefficient (Wildman–Crippen LogP) is 3.03. The molecular weight excluding hydrogens is 196 g/mol. The highest BCUT2D eigenvalue weighted by atomic mass is 32.2. The van der Waals surface area contributed by atoms with E-state index in [0.29, 0.717) is 11.9 Å². The average molecular weight is 216 g/mol. The Bertz CT molecular complexity index is 178. The second kappa shape index (κ2) is 9.13. The first-order chi connectivity index (χ1) is 6.74. The van der Waals surface area contributed by atoms with Crippen molar-refractivity contribution in [2.75, 3.05) is 12.9 Å². The van der Waals surface area contributed by atoms with Crippen molar-refractivity contribution in [2.45, 2.75) is 38.4 Å². The third-order valence-electron chi connectivity index (χ3n) is 1.88. The molecule has 0 saturated carbocycles. The maximum absolute atomic E-state index is 11.0. The molecule has 1 atom stereocenters. The van der Waals surface area contributed by atoms with Gasteiger partial charge in [0.2, 0.25) is 0 Å². The summed E-state index contributed by atoms with van der Waals surface area (Å²) in [4.78, 5) is 11.0. The molecule has 0 aromatic heterocycles. The summed E-state index contributed by atoms with van der Waals surface area (Å²) < 4.78 is 4.81. The second-order valence-corrected chi connectivity index (χ2v) is 4.10. The SMILES string of the molecule is CCCCC(/C=C/C(=O)OCC)SC. The lowest BCUT2D eigenvalue weighted by molar-refractivity contribution is -0.137. The fourth-order valence-corrected chi connectivity index (χ4v) is 1.71. The van der Waals surface area contributed by atoms with Crippen molar-refractivity contribution in [1.29, 1.82) is 0 Å². The molecule has 0 spiro atoms. The molecule has 0 fully saturated rings. The molecule has 0 aliphatic rings. The van der Waals surface area contributed by atoms with Gasteiger partial charge < -0.3 is 4.74 Å². The number of ether oxygens (including phenoxy) is 1. The number of carbonyl (C=O) groups excluding carboxylic acids is 1. The third kappa shape index (κ3) is 7.01. The van der Waals surface area contributed by atoms with Crippen molar-refractivity contribution in [2.24, 2.45) is 0 Å². The number of rotatable bonds is 7. The van der Waals surface area contributed by atoms with Crippen molar-refractivity contribution in [1.82, 2.24) is 0 Å². The number of hydrogen-bond donors (Lipinski definition) is 0. The molecule has 14 heavy (non-hydrogen) atoms. The van der Waals surface area contributed by atoms with Gasteiger partial charge in [-0.1, -0.05) is 25.8 Å². The molecule has 0 amide bonds. The highest BCUT2D eigenvalue weighted by Gasteiger charge is 2.02. The van der Waals surface area contributed by atoms with Crippen LogP contribution in [0.1, 0.15) is 33.1 Å². The Morgan fingerprint density at radius 2 is 2.21 bits per heavy atom. The lowest BCUT2D eigenvalue weighted by Crippen LogP contribution is -2.02. The largest absolute Gasteiger partial charge is 0.463 e. The summed E-state index contributed by atoms with van der Waals surface area (Å²) in [7, 11) is 0. The van der Waals surface area contributed by atoms with Gasteiger partial charge in [0.1, 0.15) is 0 Å². The van der Waals surface area contributed by atoms with E-state index in [0.717, 1.165) is 6.42 Å². The predicted molar refractivity (Wildman–Crippen MR) is 62.6 cm³/mol. The molecular formula is C11H20O2S. The van der Waals surface area contributed by atoms with E-state index < -0.39 is 0 Å². The number of unbranched alkanes of at least 4 members (excludes halogenated alkanes) is 1. The summed E-state index contributed by atoms with van der Waals surface area (Å²) in [6.07, 6.45) is 9.09. The van der Waals surface area contributed by atoms with E-state index >= 15 is 0 Å². The fraction of sp³-hybridized carbons (Fsp3) is 0.727. The number of hydrogen-bond acceptors (Lipinski definition) is 3. The second-order valence-electron chi connectivity index (χ2n) is 3.03. The Hall–Kier alpha value is -0.440. The Labute approximate surface area is 91.1 Å². The van der Waals surface area contributed by atoms with Crippen LogP contribution in [0.2, 0.25) is 0 Å². The van der Waals surface area contributed by atoms with Crippen LogP contribution >= 0.6 is 11.8 Å². The van der Waals surface area contributed by atoms with Gasteiger partial charge in [-0.3, -0.25) is 0 Å². The van der Waals surface area contributed by atoms with E-state index in [1.165, 1.54) is 12.8 Å². The first-order valence-corrected chi connectivity index (χ1v) is 6.41. The molecule has 3 heteroatoms. The van der Waals surface area contributed by atoms with E-state index in [4.69, 9.17) is 4.74 Å². The van der Waals surface area contributed by atoms with Crippen molar-refractivity contribution in [3.05, 3.63) is 12.2 Å². The van der Waals surface area contributed by atoms with Crippen LogP contribution in [0.5, 0.6) is 0 Å². The van der Waals surface area contributed by atoms with Crippen LogP contribution in [0, 0.1) is 0 Å². The molecule has 82 valence electrons. The van der Waals surface area contributed by atoms with Crippen LogP contribution in [0.3, 0.4) is 0 Å². The summed E-state index contributed by atoms with van der Waals surface area (Å²) in [6, 6.07) is 0. The zero-order valence-electron chi connectivity index (χ0n) is 9.29. The Morgan fingerprint density at radius 3 is 2.71 bits per heavy atom. The topological polar surface area (TPSA) is 26.3 Å². The van der Waals surface area contributed by atoms with E-state index in [2.05, 4.69) is 13.2 Å². The molecule has 0 saturated heterocycles. The van der Waals surface area contributed by atoms with Crippen molar-refractivity contribution >= 4 is 17.7 Å². The molecule has 0 rings (SSSR count). The van der Waals surface area contributed by atoms with Gasteiger partial charge in [0.05, 0.1) is 6.61 Å². The van der Waals surface area contributed by atoms with Crippen LogP contribution in [0.15, 0.2) is 12.2 Å². The molecule has 0 bridgehead atoms. The van der Waals surface area contributed by atoms with Crippen LogP contribution in [-0.2, 0) is 9.53 Å². The number of thioether (sulfide) groups is 1. The van der Waals surface area contributed by atoms with Gasteiger partial charge >= 0.3 is 5.97 Å². The Morgan fingerprint density at radius 1 is 1.50 bits per heavy atom. The molecule has 0 aliphatic heterocycles. The summed E-state index contributed by atoms with van der Waals surface area (Å²) in [6.45, 7) is 4.43. The molecule has 2 nitrogen and oxygen atoms in total. The van der Waals surface area contributed by atoms with Gasteiger partial charge in [0.25, 0.3) is 0 Å². The zero-order valence-corrected chi connectivity index (χ0v) is 10.1. The smallest absolute Gasteiger partial charge is 0.330 e. The fourth-order valence-electron chi connectivity index (χ4n) is 1.07. The van der Waals surface area contributed by atoms with Gasteiger partial charge in [0, 0.05) is 11.3 Å². The van der Waals surface area contributed by atoms with Crippen LogP contribution < -0.4 is 0 Å². The quantitative estimate of drug-likeness (QED) is 0.483. The molecule has 0 radical (unpaired) electrons. The summed E-state index contributed by atoms with van der Waals surface area (Å²) in [5, 5.41) is 0.444. The highest BCUT2D eigenvalue weighted by Crippen LogP contribution is 2.15. The summed E-state index contributed by atoms with van der Waals surface area (Å²) in [5.74, 6) is -0.233. The van der Waals surface area contributed by atoms with E-state index in [1.807, 2.05) is 13.0 Å². The van der Waals surface area contributed by atoms with Crippen molar-refractivity contribution in [3.63, 3.8) is 0 Å². The standard InChI is InChI=1S/C11H20O2S/c1-4-6-7-10(14-3)8-9-11(12)13-5-2/h8-10H,4-7H2,1-3H3/b9-8+. The van der Waals surface area contributed by atoms with Crippen molar-refractivity contribution < 1.29 is 9.53 Å². The minimum Gasteiger partial charge on any atom is -0.463 e. The van der Waals surface area contributed by atoms with Gasteiger partial charge in [-0.2, -0.15) is 11.8 Å². The van der Waals surface area contributed by atoms with Gasteiger partial charge in [-0.15, -0.1) is 0 Å². The van der Waals surface area contributed by atoms with Gasteiger partial charge in [-0.05, 0) is 19.6 Å². The lowest BCUT2D eigenvalue weighted by atomic mass is 10.2. The first kappa shape index (κ1) is 13.6.